The Hall–Kier alpha value is -1.75. The van der Waals surface area contributed by atoms with Crippen LogP contribution >= 0.6 is 0 Å². The summed E-state index contributed by atoms with van der Waals surface area (Å²) in [6.45, 7) is 2.30. The summed E-state index contributed by atoms with van der Waals surface area (Å²) in [5.74, 6) is 1.68. The highest BCUT2D eigenvalue weighted by Gasteiger charge is 2.23. The molecule has 1 aromatic carbocycles. The van der Waals surface area contributed by atoms with Crippen molar-refractivity contribution in [2.24, 2.45) is 5.92 Å². The van der Waals surface area contributed by atoms with Crippen LogP contribution < -0.4 is 9.47 Å². The molecule has 0 saturated carbocycles. The van der Waals surface area contributed by atoms with Gasteiger partial charge in [-0.15, -0.1) is 0 Å². The molecule has 0 spiro atoms. The summed E-state index contributed by atoms with van der Waals surface area (Å²) in [6.07, 6.45) is 2.14. The molecule has 21 heavy (non-hydrogen) atoms. The quantitative estimate of drug-likeness (QED) is 0.804. The predicted octanol–water partition coefficient (Wildman–Crippen LogP) is 1.96. The zero-order valence-electron chi connectivity index (χ0n) is 12.7. The van der Waals surface area contributed by atoms with E-state index < -0.39 is 0 Å². The van der Waals surface area contributed by atoms with Gasteiger partial charge in [0.2, 0.25) is 0 Å². The van der Waals surface area contributed by atoms with Crippen LogP contribution in [0.5, 0.6) is 11.5 Å². The van der Waals surface area contributed by atoms with E-state index in [1.54, 1.807) is 20.3 Å². The number of hydrogen-bond acceptors (Lipinski definition) is 4. The first-order chi connectivity index (χ1) is 10.2. The second-order valence-corrected chi connectivity index (χ2v) is 5.24. The largest absolute Gasteiger partial charge is 0.493 e. The number of likely N-dealkylation sites (tertiary alicyclic amines) is 1. The third kappa shape index (κ3) is 4.36. The zero-order chi connectivity index (χ0) is 15.1. The van der Waals surface area contributed by atoms with Crippen molar-refractivity contribution in [2.75, 3.05) is 40.5 Å². The topological polar surface area (TPSA) is 48.0 Å². The number of amides is 1. The number of carbonyl (C=O) groups excluding carboxylic acids is 1. The van der Waals surface area contributed by atoms with Crippen LogP contribution in [0.3, 0.4) is 0 Å². The van der Waals surface area contributed by atoms with Crippen LogP contribution in [-0.2, 0) is 9.53 Å². The molecule has 0 N–H and O–H groups in total. The fraction of sp³-hybridized carbons (Fsp3) is 0.562. The van der Waals surface area contributed by atoms with Gasteiger partial charge in [0.1, 0.15) is 0 Å². The second-order valence-electron chi connectivity index (χ2n) is 5.24. The summed E-state index contributed by atoms with van der Waals surface area (Å²) in [6, 6.07) is 7.34. The zero-order valence-corrected chi connectivity index (χ0v) is 12.7. The van der Waals surface area contributed by atoms with E-state index in [2.05, 4.69) is 0 Å². The molecule has 1 aliphatic heterocycles. The fourth-order valence-corrected chi connectivity index (χ4v) is 2.63. The minimum atomic E-state index is 0.0155. The minimum absolute atomic E-state index is 0.0155. The molecule has 1 aromatic rings. The van der Waals surface area contributed by atoms with Crippen molar-refractivity contribution in [1.29, 1.82) is 0 Å². The van der Waals surface area contributed by atoms with E-state index in [0.29, 0.717) is 24.0 Å². The SMILES string of the molecule is COCC1CCCN(C(=O)COc2ccccc2OC)C1. The third-order valence-electron chi connectivity index (χ3n) is 3.69. The van der Waals surface area contributed by atoms with Gasteiger partial charge >= 0.3 is 0 Å². The number of piperidine rings is 1. The first kappa shape index (κ1) is 15.6. The van der Waals surface area contributed by atoms with Crippen molar-refractivity contribution in [3.63, 3.8) is 0 Å². The lowest BCUT2D eigenvalue weighted by Crippen LogP contribution is -2.43. The van der Waals surface area contributed by atoms with Crippen LogP contribution in [0, 0.1) is 5.92 Å². The van der Waals surface area contributed by atoms with Crippen LogP contribution in [0.15, 0.2) is 24.3 Å². The molecule has 1 atom stereocenters. The van der Waals surface area contributed by atoms with Gasteiger partial charge in [-0.1, -0.05) is 12.1 Å². The van der Waals surface area contributed by atoms with E-state index in [4.69, 9.17) is 14.2 Å². The Morgan fingerprint density at radius 1 is 1.29 bits per heavy atom. The molecule has 0 bridgehead atoms. The van der Waals surface area contributed by atoms with Crippen LogP contribution in [0.1, 0.15) is 12.8 Å². The molecule has 5 nitrogen and oxygen atoms in total. The third-order valence-corrected chi connectivity index (χ3v) is 3.69. The van der Waals surface area contributed by atoms with Crippen LogP contribution in [0.25, 0.3) is 0 Å². The number of rotatable bonds is 6. The van der Waals surface area contributed by atoms with Crippen molar-refractivity contribution in [3.8, 4) is 11.5 Å². The molecule has 2 rings (SSSR count). The summed E-state index contributed by atoms with van der Waals surface area (Å²) < 4.78 is 16.0. The molecule has 1 fully saturated rings. The van der Waals surface area contributed by atoms with Crippen LogP contribution in [0.2, 0.25) is 0 Å². The van der Waals surface area contributed by atoms with Crippen molar-refractivity contribution in [1.82, 2.24) is 4.90 Å². The predicted molar refractivity (Wildman–Crippen MR) is 79.7 cm³/mol. The molecular formula is C16H23NO4. The van der Waals surface area contributed by atoms with Gasteiger partial charge in [-0.25, -0.2) is 0 Å². The van der Waals surface area contributed by atoms with E-state index in [0.717, 1.165) is 25.9 Å². The first-order valence-electron chi connectivity index (χ1n) is 7.27. The molecule has 116 valence electrons. The molecule has 1 saturated heterocycles. The van der Waals surface area contributed by atoms with Gasteiger partial charge in [-0.2, -0.15) is 0 Å². The molecule has 1 aliphatic rings. The molecule has 0 radical (unpaired) electrons. The summed E-state index contributed by atoms with van der Waals surface area (Å²) in [7, 11) is 3.29. The number of ether oxygens (including phenoxy) is 3. The van der Waals surface area contributed by atoms with E-state index in [1.165, 1.54) is 0 Å². The number of methoxy groups -OCH3 is 2. The number of benzene rings is 1. The average molecular weight is 293 g/mol. The highest BCUT2D eigenvalue weighted by molar-refractivity contribution is 5.78. The molecule has 1 amide bonds. The maximum atomic E-state index is 12.2. The Bertz CT molecular complexity index is 461. The monoisotopic (exact) mass is 293 g/mol. The van der Waals surface area contributed by atoms with Gasteiger partial charge in [-0.3, -0.25) is 4.79 Å². The van der Waals surface area contributed by atoms with Crippen molar-refractivity contribution in [2.45, 2.75) is 12.8 Å². The Morgan fingerprint density at radius 2 is 2.05 bits per heavy atom. The van der Waals surface area contributed by atoms with E-state index in [9.17, 15) is 4.79 Å². The number of hydrogen-bond donors (Lipinski definition) is 0. The normalized spacial score (nSPS) is 18.4. The number of nitrogens with zero attached hydrogens (tertiary/aromatic N) is 1. The highest BCUT2D eigenvalue weighted by atomic mass is 16.5. The van der Waals surface area contributed by atoms with Crippen molar-refractivity contribution >= 4 is 5.91 Å². The Morgan fingerprint density at radius 3 is 2.76 bits per heavy atom. The average Bonchev–Trinajstić information content (AvgIpc) is 2.53. The lowest BCUT2D eigenvalue weighted by atomic mass is 9.99. The van der Waals surface area contributed by atoms with E-state index in [-0.39, 0.29) is 12.5 Å². The summed E-state index contributed by atoms with van der Waals surface area (Å²) in [4.78, 5) is 14.1. The van der Waals surface area contributed by atoms with Crippen LogP contribution in [0.4, 0.5) is 0 Å². The van der Waals surface area contributed by atoms with Gasteiger partial charge in [0.05, 0.1) is 13.7 Å². The van der Waals surface area contributed by atoms with Crippen molar-refractivity contribution < 1.29 is 19.0 Å². The lowest BCUT2D eigenvalue weighted by Gasteiger charge is -2.32. The molecule has 1 heterocycles. The summed E-state index contributed by atoms with van der Waals surface area (Å²) >= 11 is 0. The highest BCUT2D eigenvalue weighted by Crippen LogP contribution is 2.26. The maximum absolute atomic E-state index is 12.2. The van der Waals surface area contributed by atoms with E-state index >= 15 is 0 Å². The molecule has 1 unspecified atom stereocenters. The minimum Gasteiger partial charge on any atom is -0.493 e. The molecular weight excluding hydrogens is 270 g/mol. The molecule has 0 aromatic heterocycles. The Kier molecular flexibility index (Phi) is 5.87. The first-order valence-corrected chi connectivity index (χ1v) is 7.27. The molecule has 5 heteroatoms. The van der Waals surface area contributed by atoms with Crippen LogP contribution in [-0.4, -0.2) is 51.3 Å². The standard InChI is InChI=1S/C16H23NO4/c1-19-11-13-6-5-9-17(10-13)16(18)12-21-15-8-4-3-7-14(15)20-2/h3-4,7-8,13H,5-6,9-12H2,1-2H3. The Labute approximate surface area is 125 Å². The van der Waals surface area contributed by atoms with Gasteiger partial charge in [0.25, 0.3) is 5.91 Å². The second kappa shape index (κ2) is 7.88. The Balaban J connectivity index is 1.86. The fourth-order valence-electron chi connectivity index (χ4n) is 2.63. The summed E-state index contributed by atoms with van der Waals surface area (Å²) in [5, 5.41) is 0. The lowest BCUT2D eigenvalue weighted by molar-refractivity contribution is -0.135. The van der Waals surface area contributed by atoms with Gasteiger partial charge in [-0.05, 0) is 30.9 Å². The smallest absolute Gasteiger partial charge is 0.260 e. The maximum Gasteiger partial charge on any atom is 0.260 e. The number of para-hydroxylation sites is 2. The molecule has 0 aliphatic carbocycles. The van der Waals surface area contributed by atoms with E-state index in [1.807, 2.05) is 23.1 Å². The van der Waals surface area contributed by atoms with Crippen molar-refractivity contribution in [3.05, 3.63) is 24.3 Å². The van der Waals surface area contributed by atoms with Gasteiger partial charge < -0.3 is 19.1 Å². The van der Waals surface area contributed by atoms with Gasteiger partial charge in [0, 0.05) is 20.2 Å². The van der Waals surface area contributed by atoms with Gasteiger partial charge in [0.15, 0.2) is 18.1 Å². The summed E-state index contributed by atoms with van der Waals surface area (Å²) in [5.41, 5.74) is 0. The number of carbonyl (C=O) groups is 1.